The Hall–Kier alpha value is -4.11. The Morgan fingerprint density at radius 3 is 2.76 bits per heavy atom. The maximum Gasteiger partial charge on any atom is 0.282 e. The predicted molar refractivity (Wildman–Crippen MR) is 152 cm³/mol. The number of unbranched alkanes of at least 4 members (excludes halogenated alkanes) is 1. The highest BCUT2D eigenvalue weighted by atomic mass is 79.9. The Morgan fingerprint density at radius 2 is 1.95 bits per heavy atom. The fourth-order valence-electron chi connectivity index (χ4n) is 4.36. The number of carbonyl (C=O) groups is 1. The van der Waals surface area contributed by atoms with Crippen LogP contribution in [0, 0.1) is 5.82 Å². The van der Waals surface area contributed by atoms with Crippen molar-refractivity contribution in [1.29, 1.82) is 0 Å². The molecule has 5 aromatic rings. The molecule has 0 bridgehead atoms. The lowest BCUT2D eigenvalue weighted by atomic mass is 10.2. The van der Waals surface area contributed by atoms with Crippen LogP contribution in [0.5, 0.6) is 0 Å². The first-order chi connectivity index (χ1) is 18.4. The first-order valence-corrected chi connectivity index (χ1v) is 13.1. The van der Waals surface area contributed by atoms with Gasteiger partial charge in [0.15, 0.2) is 0 Å². The molecule has 0 aliphatic heterocycles. The molecule has 0 aliphatic rings. The largest absolute Gasteiger partial charge is 0.337 e. The summed E-state index contributed by atoms with van der Waals surface area (Å²) in [5.41, 5.74) is 2.38. The molecule has 0 fully saturated rings. The van der Waals surface area contributed by atoms with Gasteiger partial charge in [-0.1, -0.05) is 53.5 Å². The van der Waals surface area contributed by atoms with Gasteiger partial charge in [0.05, 0.1) is 17.1 Å². The SMILES string of the molecule is CCCCc1nc2ccc(Br)cc2c(=O)n1N=Cc1cn(CC(=O)Nc2cccc(F)c2)c2ccccc12. The summed E-state index contributed by atoms with van der Waals surface area (Å²) in [7, 11) is 0. The zero-order valence-corrected chi connectivity index (χ0v) is 22.3. The molecule has 1 N–H and O–H groups in total. The molecule has 0 unspecified atom stereocenters. The molecule has 2 heterocycles. The van der Waals surface area contributed by atoms with Gasteiger partial charge in [-0.2, -0.15) is 9.78 Å². The average Bonchev–Trinajstić information content (AvgIpc) is 3.24. The number of para-hydroxylation sites is 1. The predicted octanol–water partition coefficient (Wildman–Crippen LogP) is 6.12. The van der Waals surface area contributed by atoms with Crippen LogP contribution < -0.4 is 10.9 Å². The van der Waals surface area contributed by atoms with Crippen molar-refractivity contribution >= 4 is 55.5 Å². The maximum atomic E-state index is 13.5. The number of rotatable bonds is 8. The summed E-state index contributed by atoms with van der Waals surface area (Å²) in [6.45, 7) is 2.11. The van der Waals surface area contributed by atoms with E-state index in [1.807, 2.05) is 47.2 Å². The summed E-state index contributed by atoms with van der Waals surface area (Å²) in [6.07, 6.45) is 5.91. The second kappa shape index (κ2) is 11.1. The lowest BCUT2D eigenvalue weighted by molar-refractivity contribution is -0.116. The van der Waals surface area contributed by atoms with E-state index in [4.69, 9.17) is 4.98 Å². The Kier molecular flexibility index (Phi) is 7.46. The van der Waals surface area contributed by atoms with E-state index in [1.54, 1.807) is 24.4 Å². The number of nitrogens with zero attached hydrogens (tertiary/aromatic N) is 4. The summed E-state index contributed by atoms with van der Waals surface area (Å²) in [6, 6.07) is 18.9. The number of aryl methyl sites for hydroxylation is 1. The number of anilines is 1. The summed E-state index contributed by atoms with van der Waals surface area (Å²) < 4.78 is 17.5. The highest BCUT2D eigenvalue weighted by molar-refractivity contribution is 9.10. The van der Waals surface area contributed by atoms with Crippen LogP contribution in [-0.2, 0) is 17.8 Å². The average molecular weight is 574 g/mol. The second-order valence-electron chi connectivity index (χ2n) is 8.94. The van der Waals surface area contributed by atoms with Crippen LogP contribution in [0.4, 0.5) is 10.1 Å². The van der Waals surface area contributed by atoms with E-state index >= 15 is 0 Å². The van der Waals surface area contributed by atoms with Crippen molar-refractivity contribution in [3.05, 3.63) is 105 Å². The van der Waals surface area contributed by atoms with Crippen LogP contribution in [0.15, 0.2) is 87.3 Å². The minimum Gasteiger partial charge on any atom is -0.337 e. The van der Waals surface area contributed by atoms with Gasteiger partial charge in [-0.3, -0.25) is 9.59 Å². The van der Waals surface area contributed by atoms with Crippen molar-refractivity contribution in [3.63, 3.8) is 0 Å². The van der Waals surface area contributed by atoms with Gasteiger partial charge in [-0.25, -0.2) is 9.37 Å². The molecule has 3 aromatic carbocycles. The van der Waals surface area contributed by atoms with Crippen LogP contribution in [0.2, 0.25) is 0 Å². The van der Waals surface area contributed by atoms with Crippen molar-refractivity contribution in [2.45, 2.75) is 32.7 Å². The number of benzene rings is 3. The third-order valence-corrected chi connectivity index (χ3v) is 6.68. The van der Waals surface area contributed by atoms with Gasteiger partial charge >= 0.3 is 0 Å². The Labute approximate surface area is 226 Å². The number of nitrogens with one attached hydrogen (secondary N) is 1. The summed E-state index contributed by atoms with van der Waals surface area (Å²) in [4.78, 5) is 30.8. The molecule has 0 aliphatic carbocycles. The maximum absolute atomic E-state index is 13.5. The monoisotopic (exact) mass is 573 g/mol. The quantitative estimate of drug-likeness (QED) is 0.227. The number of amides is 1. The summed E-state index contributed by atoms with van der Waals surface area (Å²) in [5, 5.41) is 8.67. The molecular weight excluding hydrogens is 549 g/mol. The molecule has 192 valence electrons. The molecule has 38 heavy (non-hydrogen) atoms. The van der Waals surface area contributed by atoms with Gasteiger partial charge < -0.3 is 9.88 Å². The van der Waals surface area contributed by atoms with Crippen LogP contribution in [0.25, 0.3) is 21.8 Å². The molecule has 1 amide bonds. The second-order valence-corrected chi connectivity index (χ2v) is 9.86. The van der Waals surface area contributed by atoms with Gasteiger partial charge in [-0.15, -0.1) is 0 Å². The fourth-order valence-corrected chi connectivity index (χ4v) is 4.72. The van der Waals surface area contributed by atoms with Crippen molar-refractivity contribution < 1.29 is 9.18 Å². The minimum absolute atomic E-state index is 0.0259. The van der Waals surface area contributed by atoms with E-state index in [-0.39, 0.29) is 18.0 Å². The third kappa shape index (κ3) is 5.43. The highest BCUT2D eigenvalue weighted by Crippen LogP contribution is 2.21. The molecule has 0 atom stereocenters. The van der Waals surface area contributed by atoms with E-state index in [9.17, 15) is 14.0 Å². The van der Waals surface area contributed by atoms with Crippen LogP contribution in [0.1, 0.15) is 31.2 Å². The normalized spacial score (nSPS) is 11.6. The Morgan fingerprint density at radius 1 is 1.11 bits per heavy atom. The van der Waals surface area contributed by atoms with Gasteiger partial charge in [0.2, 0.25) is 5.91 Å². The smallest absolute Gasteiger partial charge is 0.282 e. The molecular formula is C29H25BrFN5O2. The number of carbonyl (C=O) groups excluding carboxylic acids is 1. The minimum atomic E-state index is -0.420. The summed E-state index contributed by atoms with van der Waals surface area (Å²) >= 11 is 3.43. The van der Waals surface area contributed by atoms with Gasteiger partial charge in [0, 0.05) is 39.2 Å². The number of hydrogen-bond acceptors (Lipinski definition) is 4. The standard InChI is InChI=1S/C29H25BrFN5O2/c1-2-3-11-27-34-25-13-12-20(30)14-24(25)29(38)36(27)32-16-19-17-35(26-10-5-4-9-23(19)26)18-28(37)33-22-8-6-7-21(31)15-22/h4-10,12-17H,2-3,11,18H2,1H3,(H,33,37). The first kappa shape index (κ1) is 25.5. The molecule has 0 radical (unpaired) electrons. The van der Waals surface area contributed by atoms with E-state index in [0.29, 0.717) is 28.8 Å². The molecule has 0 spiro atoms. The van der Waals surface area contributed by atoms with E-state index in [2.05, 4.69) is 33.3 Å². The molecule has 0 saturated heterocycles. The molecule has 5 rings (SSSR count). The molecule has 7 nitrogen and oxygen atoms in total. The van der Waals surface area contributed by atoms with Gasteiger partial charge in [0.25, 0.3) is 5.56 Å². The number of fused-ring (bicyclic) bond motifs is 2. The first-order valence-electron chi connectivity index (χ1n) is 12.3. The van der Waals surface area contributed by atoms with Crippen molar-refractivity contribution in [2.75, 3.05) is 5.32 Å². The summed E-state index contributed by atoms with van der Waals surface area (Å²) in [5.74, 6) is -0.111. The van der Waals surface area contributed by atoms with Crippen molar-refractivity contribution in [2.24, 2.45) is 5.10 Å². The Balaban J connectivity index is 1.50. The third-order valence-electron chi connectivity index (χ3n) is 6.18. The number of halogens is 2. The number of aromatic nitrogens is 3. The zero-order valence-electron chi connectivity index (χ0n) is 20.7. The van der Waals surface area contributed by atoms with Gasteiger partial charge in [0.1, 0.15) is 18.2 Å². The van der Waals surface area contributed by atoms with Crippen LogP contribution in [-0.4, -0.2) is 26.3 Å². The van der Waals surface area contributed by atoms with Crippen LogP contribution in [0.3, 0.4) is 0 Å². The van der Waals surface area contributed by atoms with Crippen molar-refractivity contribution in [3.8, 4) is 0 Å². The lowest BCUT2D eigenvalue weighted by Gasteiger charge is -2.09. The lowest BCUT2D eigenvalue weighted by Crippen LogP contribution is -2.22. The van der Waals surface area contributed by atoms with Crippen molar-refractivity contribution in [1.82, 2.24) is 14.2 Å². The topological polar surface area (TPSA) is 81.3 Å². The van der Waals surface area contributed by atoms with E-state index in [0.717, 1.165) is 33.8 Å². The highest BCUT2D eigenvalue weighted by Gasteiger charge is 2.13. The van der Waals surface area contributed by atoms with Gasteiger partial charge in [-0.05, 0) is 48.9 Å². The fraction of sp³-hybridized carbons (Fsp3) is 0.172. The Bertz CT molecular complexity index is 1740. The van der Waals surface area contributed by atoms with Crippen LogP contribution >= 0.6 is 15.9 Å². The zero-order chi connectivity index (χ0) is 26.6. The van der Waals surface area contributed by atoms with E-state index < -0.39 is 5.82 Å². The number of hydrogen-bond donors (Lipinski definition) is 1. The molecule has 2 aromatic heterocycles. The molecule has 0 saturated carbocycles. The molecule has 9 heteroatoms. The van der Waals surface area contributed by atoms with E-state index in [1.165, 1.54) is 16.8 Å².